The van der Waals surface area contributed by atoms with E-state index in [0.29, 0.717) is 12.0 Å². The Morgan fingerprint density at radius 3 is 1.78 bits per heavy atom. The largest absolute Gasteiger partial charge is 0.384 e. The van der Waals surface area contributed by atoms with Crippen LogP contribution in [0.25, 0.3) is 0 Å². The molecule has 6 heteroatoms. The lowest BCUT2D eigenvalue weighted by molar-refractivity contribution is -0.118. The van der Waals surface area contributed by atoms with E-state index in [-0.39, 0.29) is 5.78 Å². The molecular weight excluding hydrogens is 290 g/mol. The molecule has 0 aliphatic heterocycles. The molecule has 1 rings (SSSR count). The molecule has 0 aliphatic carbocycles. The number of nitrogens with two attached hydrogens (primary N) is 2. The third-order valence-electron chi connectivity index (χ3n) is 3.20. The number of anilines is 1. The second kappa shape index (κ2) is 11.7. The van der Waals surface area contributed by atoms with E-state index in [9.17, 15) is 4.79 Å². The average molecular weight is 323 g/mol. The van der Waals surface area contributed by atoms with Crippen LogP contribution >= 0.6 is 0 Å². The highest BCUT2D eigenvalue weighted by Gasteiger charge is 2.09. The van der Waals surface area contributed by atoms with Gasteiger partial charge in [-0.2, -0.15) is 10.4 Å². The van der Waals surface area contributed by atoms with Crippen molar-refractivity contribution in [1.82, 2.24) is 9.78 Å². The van der Waals surface area contributed by atoms with Crippen molar-refractivity contribution in [3.63, 3.8) is 0 Å². The second-order valence-electron chi connectivity index (χ2n) is 6.22. The minimum atomic E-state index is -0.431. The van der Waals surface area contributed by atoms with Gasteiger partial charge in [0.15, 0.2) is 0 Å². The fraction of sp³-hybridized carbons (Fsp3) is 0.706. The summed E-state index contributed by atoms with van der Waals surface area (Å²) in [5, 5.41) is 12.3. The maximum absolute atomic E-state index is 10.2. The van der Waals surface area contributed by atoms with Gasteiger partial charge in [-0.25, -0.2) is 4.68 Å². The lowest BCUT2D eigenvalue weighted by Crippen LogP contribution is -2.07. The Morgan fingerprint density at radius 2 is 1.70 bits per heavy atom. The summed E-state index contributed by atoms with van der Waals surface area (Å²) >= 11 is 0. The lowest BCUT2D eigenvalue weighted by atomic mass is 10.1. The van der Waals surface area contributed by atoms with Crippen molar-refractivity contribution >= 4 is 11.6 Å². The molecule has 1 unspecified atom stereocenters. The Hall–Kier alpha value is -1.87. The summed E-state index contributed by atoms with van der Waals surface area (Å²) in [6.45, 7) is 16.1. The molecule has 0 aliphatic rings. The smallest absolute Gasteiger partial charge is 0.146 e. The number of nitriles is 1. The molecule has 4 N–H and O–H groups in total. The number of carbonyl (C=O) groups is 1. The van der Waals surface area contributed by atoms with Crippen molar-refractivity contribution < 1.29 is 4.79 Å². The molecular formula is C17H33N5O. The monoisotopic (exact) mass is 323 g/mol. The summed E-state index contributed by atoms with van der Waals surface area (Å²) in [6.07, 6.45) is 0. The van der Waals surface area contributed by atoms with Gasteiger partial charge in [-0.3, -0.25) is 4.79 Å². The predicted octanol–water partition coefficient (Wildman–Crippen LogP) is 3.00. The molecule has 0 bridgehead atoms. The molecule has 6 nitrogen and oxygen atoms in total. The van der Waals surface area contributed by atoms with Crippen molar-refractivity contribution in [3.8, 4) is 6.07 Å². The molecule has 0 saturated heterocycles. The standard InChI is InChI=1S/C8H15N3.C5H7NO.C4H11N/c1-5(2)11-8(9)6(3)7(4)10-11;1-4(3-6)5(2)7;1-4(2)3-5/h5H,9H2,1-4H3;4H,1-2H3;4H,3,5H2,1-2H3. The first kappa shape index (κ1) is 23.4. The number of hydrogen-bond acceptors (Lipinski definition) is 5. The number of hydrogen-bond donors (Lipinski definition) is 2. The molecule has 1 aromatic heterocycles. The number of carbonyl (C=O) groups excluding carboxylic acids is 1. The number of aryl methyl sites for hydroxylation is 1. The molecule has 0 spiro atoms. The van der Waals surface area contributed by atoms with Gasteiger partial charge in [0.25, 0.3) is 0 Å². The topological polar surface area (TPSA) is 111 Å². The molecule has 23 heavy (non-hydrogen) atoms. The van der Waals surface area contributed by atoms with E-state index >= 15 is 0 Å². The Morgan fingerprint density at radius 1 is 1.26 bits per heavy atom. The summed E-state index contributed by atoms with van der Waals surface area (Å²) in [6, 6.07) is 2.16. The fourth-order valence-corrected chi connectivity index (χ4v) is 1.13. The SMILES string of the molecule is CC(=O)C(C)C#N.CC(C)CN.Cc1nn(C(C)C)c(N)c1C. The maximum Gasteiger partial charge on any atom is 0.146 e. The third kappa shape index (κ3) is 9.69. The average Bonchev–Trinajstić information content (AvgIpc) is 2.75. The Bertz CT molecular complexity index is 512. The van der Waals surface area contributed by atoms with Crippen molar-refractivity contribution in [3.05, 3.63) is 11.3 Å². The normalized spacial score (nSPS) is 11.0. The first-order valence-corrected chi connectivity index (χ1v) is 7.90. The van der Waals surface area contributed by atoms with E-state index < -0.39 is 5.92 Å². The van der Waals surface area contributed by atoms with Gasteiger partial charge in [-0.1, -0.05) is 13.8 Å². The Kier molecular flexibility index (Phi) is 11.9. The van der Waals surface area contributed by atoms with Gasteiger partial charge in [-0.15, -0.1) is 0 Å². The lowest BCUT2D eigenvalue weighted by Gasteiger charge is -2.06. The number of Topliss-reactive ketones (excluding diaryl/α,β-unsaturated/α-hetero) is 1. The Labute approximate surface area is 140 Å². The molecule has 0 amide bonds. The number of ketones is 1. The van der Waals surface area contributed by atoms with Gasteiger partial charge in [0.1, 0.15) is 17.5 Å². The van der Waals surface area contributed by atoms with Crippen LogP contribution in [0, 0.1) is 37.0 Å². The van der Waals surface area contributed by atoms with Crippen LogP contribution in [0.1, 0.15) is 58.8 Å². The predicted molar refractivity (Wildman–Crippen MR) is 95.8 cm³/mol. The van der Waals surface area contributed by atoms with Crippen LogP contribution in [0.15, 0.2) is 0 Å². The number of nitrogen functional groups attached to an aromatic ring is 1. The summed E-state index contributed by atoms with van der Waals surface area (Å²) < 4.78 is 1.85. The Balaban J connectivity index is 0. The van der Waals surface area contributed by atoms with Crippen molar-refractivity contribution in [2.75, 3.05) is 12.3 Å². The molecule has 0 saturated carbocycles. The first-order valence-electron chi connectivity index (χ1n) is 7.90. The number of rotatable bonds is 3. The quantitative estimate of drug-likeness (QED) is 0.888. The first-order chi connectivity index (χ1) is 10.5. The van der Waals surface area contributed by atoms with Crippen LogP contribution in [0.4, 0.5) is 5.82 Å². The molecule has 1 aromatic rings. The van der Waals surface area contributed by atoms with Crippen LogP contribution in [-0.2, 0) is 4.79 Å². The van der Waals surface area contributed by atoms with E-state index in [1.54, 1.807) is 6.92 Å². The summed E-state index contributed by atoms with van der Waals surface area (Å²) in [5.74, 6) is 0.954. The second-order valence-corrected chi connectivity index (χ2v) is 6.22. The minimum absolute atomic E-state index is 0.0671. The molecule has 1 atom stereocenters. The third-order valence-corrected chi connectivity index (χ3v) is 3.20. The van der Waals surface area contributed by atoms with Crippen LogP contribution in [0.5, 0.6) is 0 Å². The zero-order valence-corrected chi connectivity index (χ0v) is 15.8. The summed E-state index contributed by atoms with van der Waals surface area (Å²) in [7, 11) is 0. The fourth-order valence-electron chi connectivity index (χ4n) is 1.13. The molecule has 0 fully saturated rings. The molecule has 1 heterocycles. The van der Waals surface area contributed by atoms with E-state index in [0.717, 1.165) is 23.6 Å². The van der Waals surface area contributed by atoms with Crippen molar-refractivity contribution in [2.24, 2.45) is 17.6 Å². The molecule has 0 radical (unpaired) electrons. The molecule has 132 valence electrons. The van der Waals surface area contributed by atoms with E-state index in [1.165, 1.54) is 6.92 Å². The van der Waals surface area contributed by atoms with E-state index in [1.807, 2.05) is 24.6 Å². The zero-order chi connectivity index (χ0) is 18.7. The van der Waals surface area contributed by atoms with Crippen LogP contribution in [0.3, 0.4) is 0 Å². The van der Waals surface area contributed by atoms with E-state index in [2.05, 4.69) is 32.8 Å². The van der Waals surface area contributed by atoms with Crippen molar-refractivity contribution in [1.29, 1.82) is 5.26 Å². The van der Waals surface area contributed by atoms with Gasteiger partial charge in [0.05, 0.1) is 11.8 Å². The zero-order valence-electron chi connectivity index (χ0n) is 15.8. The van der Waals surface area contributed by atoms with Crippen LogP contribution in [-0.4, -0.2) is 22.1 Å². The van der Waals surface area contributed by atoms with Crippen molar-refractivity contribution in [2.45, 2.75) is 61.4 Å². The van der Waals surface area contributed by atoms with Gasteiger partial charge >= 0.3 is 0 Å². The molecule has 0 aromatic carbocycles. The highest BCUT2D eigenvalue weighted by Crippen LogP contribution is 2.18. The van der Waals surface area contributed by atoms with Gasteiger partial charge in [0.2, 0.25) is 0 Å². The summed E-state index contributed by atoms with van der Waals surface area (Å²) in [4.78, 5) is 10.2. The summed E-state index contributed by atoms with van der Waals surface area (Å²) in [5.41, 5.74) is 13.1. The highest BCUT2D eigenvalue weighted by atomic mass is 16.1. The van der Waals surface area contributed by atoms with Crippen LogP contribution < -0.4 is 11.5 Å². The van der Waals surface area contributed by atoms with E-state index in [4.69, 9.17) is 16.7 Å². The van der Waals surface area contributed by atoms with Gasteiger partial charge in [-0.05, 0) is 54.0 Å². The van der Waals surface area contributed by atoms with Gasteiger partial charge in [0, 0.05) is 11.6 Å². The number of aromatic nitrogens is 2. The minimum Gasteiger partial charge on any atom is -0.384 e. The van der Waals surface area contributed by atoms with Crippen LogP contribution in [0.2, 0.25) is 0 Å². The highest BCUT2D eigenvalue weighted by molar-refractivity contribution is 5.80. The maximum atomic E-state index is 10.2. The van der Waals surface area contributed by atoms with Gasteiger partial charge < -0.3 is 11.5 Å². The number of nitrogens with zero attached hydrogens (tertiary/aromatic N) is 3.